The molecule has 4 heteroatoms. The van der Waals surface area contributed by atoms with E-state index in [0.29, 0.717) is 29.8 Å². The van der Waals surface area contributed by atoms with E-state index in [4.69, 9.17) is 4.74 Å². The van der Waals surface area contributed by atoms with Crippen LogP contribution in [0.1, 0.15) is 43.6 Å². The van der Waals surface area contributed by atoms with Gasteiger partial charge in [-0.15, -0.1) is 0 Å². The molecule has 0 spiro atoms. The maximum absolute atomic E-state index is 12.3. The molecule has 25 heavy (non-hydrogen) atoms. The number of ether oxygens (including phenoxy) is 1. The summed E-state index contributed by atoms with van der Waals surface area (Å²) in [6, 6.07) is 9.93. The first-order valence-corrected chi connectivity index (χ1v) is 9.95. The number of rotatable bonds is 1. The molecule has 134 valence electrons. The van der Waals surface area contributed by atoms with Crippen molar-refractivity contribution in [3.05, 3.63) is 29.8 Å². The van der Waals surface area contributed by atoms with Crippen molar-refractivity contribution < 1.29 is 9.53 Å². The summed E-state index contributed by atoms with van der Waals surface area (Å²) in [6.07, 6.45) is 5.85. The highest BCUT2D eigenvalue weighted by Crippen LogP contribution is 2.51. The Kier molecular flexibility index (Phi) is 3.77. The first kappa shape index (κ1) is 15.7. The van der Waals surface area contributed by atoms with Gasteiger partial charge in [0.1, 0.15) is 0 Å². The Morgan fingerprint density at radius 3 is 2.84 bits per heavy atom. The Labute approximate surface area is 149 Å². The highest BCUT2D eigenvalue weighted by atomic mass is 16.5. The van der Waals surface area contributed by atoms with Gasteiger partial charge in [0.25, 0.3) is 0 Å². The number of benzene rings is 1. The average Bonchev–Trinajstić information content (AvgIpc) is 3.05. The second kappa shape index (κ2) is 6.01. The zero-order valence-corrected chi connectivity index (χ0v) is 15.0. The summed E-state index contributed by atoms with van der Waals surface area (Å²) in [6.45, 7) is 2.34. The Bertz CT molecular complexity index is 676. The molecular formula is C21H28N2O2. The van der Waals surface area contributed by atoms with Crippen LogP contribution in [0.5, 0.6) is 0 Å². The third-order valence-corrected chi connectivity index (χ3v) is 7.44. The Hall–Kier alpha value is -1.55. The minimum atomic E-state index is 0.0261. The Balaban J connectivity index is 1.46. The number of anilines is 1. The highest BCUT2D eigenvalue weighted by Gasteiger charge is 2.53. The van der Waals surface area contributed by atoms with Crippen molar-refractivity contribution in [1.82, 2.24) is 4.90 Å². The number of piperidine rings is 2. The van der Waals surface area contributed by atoms with Crippen molar-refractivity contribution >= 4 is 11.7 Å². The number of fused-ring (bicyclic) bond motifs is 7. The smallest absolute Gasteiger partial charge is 0.308 e. The molecule has 3 heterocycles. The number of nitrogens with zero attached hydrogens (tertiary/aromatic N) is 1. The number of esters is 1. The lowest BCUT2D eigenvalue weighted by atomic mass is 9.62. The first-order chi connectivity index (χ1) is 12.3. The molecule has 0 bridgehead atoms. The molecule has 1 aromatic carbocycles. The second-order valence-electron chi connectivity index (χ2n) is 8.36. The summed E-state index contributed by atoms with van der Waals surface area (Å²) in [5.41, 5.74) is 2.84. The van der Waals surface area contributed by atoms with Crippen LogP contribution in [-0.4, -0.2) is 43.2 Å². The van der Waals surface area contributed by atoms with Gasteiger partial charge in [-0.2, -0.15) is 0 Å². The van der Waals surface area contributed by atoms with Crippen LogP contribution in [-0.2, 0) is 9.53 Å². The number of methoxy groups -OCH3 is 1. The van der Waals surface area contributed by atoms with Crippen LogP contribution in [0.2, 0.25) is 0 Å². The lowest BCUT2D eigenvalue weighted by Gasteiger charge is -2.55. The predicted octanol–water partition coefficient (Wildman–Crippen LogP) is 3.25. The minimum Gasteiger partial charge on any atom is -0.469 e. The fraction of sp³-hybridized carbons (Fsp3) is 0.667. The third-order valence-electron chi connectivity index (χ3n) is 7.44. The molecule has 3 aliphatic heterocycles. The van der Waals surface area contributed by atoms with E-state index in [1.165, 1.54) is 30.6 Å². The molecule has 4 nitrogen and oxygen atoms in total. The van der Waals surface area contributed by atoms with E-state index in [1.54, 1.807) is 7.11 Å². The van der Waals surface area contributed by atoms with Gasteiger partial charge in [0.05, 0.1) is 13.0 Å². The molecule has 0 radical (unpaired) electrons. The summed E-state index contributed by atoms with van der Waals surface area (Å²) in [7, 11) is 1.55. The van der Waals surface area contributed by atoms with E-state index in [2.05, 4.69) is 34.5 Å². The van der Waals surface area contributed by atoms with Crippen molar-refractivity contribution in [2.45, 2.75) is 50.1 Å². The normalized spacial score (nSPS) is 39.4. The van der Waals surface area contributed by atoms with Gasteiger partial charge in [0.15, 0.2) is 0 Å². The van der Waals surface area contributed by atoms with Crippen LogP contribution < -0.4 is 5.32 Å². The van der Waals surface area contributed by atoms with Crippen LogP contribution in [0.15, 0.2) is 24.3 Å². The third kappa shape index (κ3) is 2.33. The molecule has 6 atom stereocenters. The molecule has 1 N–H and O–H groups in total. The van der Waals surface area contributed by atoms with Crippen LogP contribution in [0.25, 0.3) is 0 Å². The summed E-state index contributed by atoms with van der Waals surface area (Å²) in [5.74, 6) is 1.91. The standard InChI is InChI=1S/C21H28N2O2/c1-25-21(24)17-7-4-6-16-13(17)9-11-23-12-10-15-14-5-2-3-8-18(14)22-19(15)20(16)23/h2-3,5,8,13,15-17,19-20,22H,4,6-7,9-12H2,1H3. The zero-order chi connectivity index (χ0) is 17.0. The SMILES string of the molecule is COC(=O)C1CCCC2C1CCN1CCC3c4ccccc4NC3C21. The van der Waals surface area contributed by atoms with E-state index in [1.807, 2.05) is 0 Å². The van der Waals surface area contributed by atoms with Gasteiger partial charge in [0.2, 0.25) is 0 Å². The number of nitrogens with one attached hydrogen (secondary N) is 1. The maximum atomic E-state index is 12.3. The lowest BCUT2D eigenvalue weighted by Crippen LogP contribution is -2.62. The van der Waals surface area contributed by atoms with Gasteiger partial charge < -0.3 is 10.1 Å². The molecule has 1 aliphatic carbocycles. The first-order valence-electron chi connectivity index (χ1n) is 9.95. The summed E-state index contributed by atoms with van der Waals surface area (Å²) in [4.78, 5) is 15.1. The van der Waals surface area contributed by atoms with Gasteiger partial charge in [-0.3, -0.25) is 9.69 Å². The topological polar surface area (TPSA) is 41.6 Å². The Morgan fingerprint density at radius 2 is 1.96 bits per heavy atom. The molecule has 2 saturated heterocycles. The van der Waals surface area contributed by atoms with Gasteiger partial charge in [-0.05, 0) is 62.2 Å². The van der Waals surface area contributed by atoms with E-state index in [-0.39, 0.29) is 11.9 Å². The van der Waals surface area contributed by atoms with Crippen LogP contribution in [0.3, 0.4) is 0 Å². The molecule has 4 aliphatic rings. The van der Waals surface area contributed by atoms with E-state index < -0.39 is 0 Å². The largest absolute Gasteiger partial charge is 0.469 e. The van der Waals surface area contributed by atoms with E-state index in [9.17, 15) is 4.79 Å². The van der Waals surface area contributed by atoms with Crippen molar-refractivity contribution in [3.63, 3.8) is 0 Å². The molecule has 0 amide bonds. The van der Waals surface area contributed by atoms with Crippen LogP contribution in [0, 0.1) is 17.8 Å². The fourth-order valence-electron chi connectivity index (χ4n) is 6.46. The summed E-state index contributed by atoms with van der Waals surface area (Å²) >= 11 is 0. The molecule has 1 aromatic rings. The molecular weight excluding hydrogens is 312 g/mol. The molecule has 6 unspecified atom stereocenters. The Morgan fingerprint density at radius 1 is 1.12 bits per heavy atom. The number of carbonyl (C=O) groups is 1. The molecule has 1 saturated carbocycles. The van der Waals surface area contributed by atoms with Gasteiger partial charge in [-0.25, -0.2) is 0 Å². The van der Waals surface area contributed by atoms with Crippen molar-refractivity contribution in [3.8, 4) is 0 Å². The van der Waals surface area contributed by atoms with Crippen LogP contribution >= 0.6 is 0 Å². The van der Waals surface area contributed by atoms with Gasteiger partial charge >= 0.3 is 5.97 Å². The summed E-state index contributed by atoms with van der Waals surface area (Å²) in [5, 5.41) is 3.87. The monoisotopic (exact) mass is 340 g/mol. The minimum absolute atomic E-state index is 0.0261. The van der Waals surface area contributed by atoms with E-state index in [0.717, 1.165) is 25.8 Å². The molecule has 5 rings (SSSR count). The zero-order valence-electron chi connectivity index (χ0n) is 15.0. The number of hydrogen-bond donors (Lipinski definition) is 1. The molecule has 0 aromatic heterocycles. The second-order valence-corrected chi connectivity index (χ2v) is 8.36. The predicted molar refractivity (Wildman–Crippen MR) is 97.5 cm³/mol. The van der Waals surface area contributed by atoms with Gasteiger partial charge in [0, 0.05) is 23.7 Å². The number of para-hydroxylation sites is 1. The highest BCUT2D eigenvalue weighted by molar-refractivity contribution is 5.73. The summed E-state index contributed by atoms with van der Waals surface area (Å²) < 4.78 is 5.14. The van der Waals surface area contributed by atoms with Crippen molar-refractivity contribution in [1.29, 1.82) is 0 Å². The number of hydrogen-bond acceptors (Lipinski definition) is 4. The van der Waals surface area contributed by atoms with Gasteiger partial charge in [-0.1, -0.05) is 24.6 Å². The quantitative estimate of drug-likeness (QED) is 0.797. The van der Waals surface area contributed by atoms with E-state index >= 15 is 0 Å². The van der Waals surface area contributed by atoms with Crippen molar-refractivity contribution in [2.75, 3.05) is 25.5 Å². The number of carbonyl (C=O) groups excluding carboxylic acids is 1. The average molecular weight is 340 g/mol. The fourth-order valence-corrected chi connectivity index (χ4v) is 6.46. The lowest BCUT2D eigenvalue weighted by molar-refractivity contribution is -0.153. The van der Waals surface area contributed by atoms with Crippen molar-refractivity contribution in [2.24, 2.45) is 17.8 Å². The van der Waals surface area contributed by atoms with Crippen LogP contribution in [0.4, 0.5) is 5.69 Å². The maximum Gasteiger partial charge on any atom is 0.308 e. The molecule has 3 fully saturated rings.